The highest BCUT2D eigenvalue weighted by Crippen LogP contribution is 2.13. The van der Waals surface area contributed by atoms with Crippen LogP contribution in [0.3, 0.4) is 0 Å². The molecule has 1 aromatic rings. The molecule has 6 heteroatoms. The van der Waals surface area contributed by atoms with Crippen molar-refractivity contribution in [3.8, 4) is 5.88 Å². The van der Waals surface area contributed by atoms with E-state index in [1.165, 1.54) is 18.3 Å². The molecule has 96 valence electrons. The maximum absolute atomic E-state index is 11.0. The molecule has 0 aromatic carbocycles. The van der Waals surface area contributed by atoms with E-state index in [1.54, 1.807) is 0 Å². The molecule has 0 aliphatic carbocycles. The topological polar surface area (TPSA) is 82.3 Å². The number of primary sulfonamides is 1. The Morgan fingerprint density at radius 2 is 2.18 bits per heavy atom. The highest BCUT2D eigenvalue weighted by molar-refractivity contribution is 7.89. The fourth-order valence-corrected chi connectivity index (χ4v) is 1.88. The third kappa shape index (κ3) is 4.70. The third-order valence-corrected chi connectivity index (χ3v) is 3.23. The second-order valence-corrected chi connectivity index (χ2v) is 5.64. The molecule has 17 heavy (non-hydrogen) atoms. The summed E-state index contributed by atoms with van der Waals surface area (Å²) in [7, 11) is -3.68. The van der Waals surface area contributed by atoms with Gasteiger partial charge in [0, 0.05) is 6.07 Å². The predicted molar refractivity (Wildman–Crippen MR) is 65.2 cm³/mol. The van der Waals surface area contributed by atoms with Crippen LogP contribution in [-0.2, 0) is 10.0 Å². The van der Waals surface area contributed by atoms with Crippen molar-refractivity contribution in [1.82, 2.24) is 4.98 Å². The van der Waals surface area contributed by atoms with E-state index in [9.17, 15) is 8.42 Å². The maximum atomic E-state index is 11.0. The van der Waals surface area contributed by atoms with Crippen LogP contribution in [0.5, 0.6) is 5.88 Å². The second-order valence-electron chi connectivity index (χ2n) is 4.08. The fraction of sp³-hybridized carbons (Fsp3) is 0.545. The van der Waals surface area contributed by atoms with Crippen molar-refractivity contribution < 1.29 is 13.2 Å². The van der Waals surface area contributed by atoms with Gasteiger partial charge in [-0.15, -0.1) is 0 Å². The van der Waals surface area contributed by atoms with Crippen molar-refractivity contribution in [3.05, 3.63) is 18.3 Å². The quantitative estimate of drug-likeness (QED) is 0.839. The van der Waals surface area contributed by atoms with Crippen LogP contribution < -0.4 is 9.88 Å². The fourth-order valence-electron chi connectivity index (χ4n) is 1.42. The Labute approximate surface area is 102 Å². The van der Waals surface area contributed by atoms with Gasteiger partial charge in [0.2, 0.25) is 15.9 Å². The summed E-state index contributed by atoms with van der Waals surface area (Å²) >= 11 is 0. The van der Waals surface area contributed by atoms with E-state index in [-0.39, 0.29) is 4.90 Å². The number of pyridine rings is 1. The Morgan fingerprint density at radius 1 is 1.47 bits per heavy atom. The molecule has 1 atom stereocenters. The summed E-state index contributed by atoms with van der Waals surface area (Å²) in [5, 5.41) is 4.96. The number of nitrogens with zero attached hydrogens (tertiary/aromatic N) is 1. The summed E-state index contributed by atoms with van der Waals surface area (Å²) in [6.45, 7) is 4.80. The average Bonchev–Trinajstić information content (AvgIpc) is 2.26. The van der Waals surface area contributed by atoms with Crippen LogP contribution in [-0.4, -0.2) is 20.0 Å². The second kappa shape index (κ2) is 5.97. The highest BCUT2D eigenvalue weighted by Gasteiger charge is 2.08. The summed E-state index contributed by atoms with van der Waals surface area (Å²) in [4.78, 5) is 3.89. The van der Waals surface area contributed by atoms with E-state index in [2.05, 4.69) is 18.8 Å². The van der Waals surface area contributed by atoms with Crippen molar-refractivity contribution in [2.75, 3.05) is 6.61 Å². The lowest BCUT2D eigenvalue weighted by molar-refractivity contribution is 0.243. The van der Waals surface area contributed by atoms with E-state index in [4.69, 9.17) is 9.88 Å². The van der Waals surface area contributed by atoms with Crippen LogP contribution >= 0.6 is 0 Å². The lowest BCUT2D eigenvalue weighted by atomic mass is 10.1. The van der Waals surface area contributed by atoms with Gasteiger partial charge in [-0.05, 0) is 18.4 Å². The minimum atomic E-state index is -3.68. The Morgan fingerprint density at radius 3 is 2.65 bits per heavy atom. The number of hydrogen-bond donors (Lipinski definition) is 1. The molecular weight excluding hydrogens is 240 g/mol. The average molecular weight is 258 g/mol. The van der Waals surface area contributed by atoms with Gasteiger partial charge in [-0.2, -0.15) is 0 Å². The molecule has 5 nitrogen and oxygen atoms in total. The number of ether oxygens (including phenoxy) is 1. The molecule has 0 aliphatic heterocycles. The largest absolute Gasteiger partial charge is 0.477 e. The first-order valence-corrected chi connectivity index (χ1v) is 7.09. The predicted octanol–water partition coefficient (Wildman–Crippen LogP) is 1.54. The first kappa shape index (κ1) is 13.9. The smallest absolute Gasteiger partial charge is 0.239 e. The van der Waals surface area contributed by atoms with Crippen molar-refractivity contribution in [2.45, 2.75) is 31.6 Å². The summed E-state index contributed by atoms with van der Waals surface area (Å²) < 4.78 is 27.4. The lowest BCUT2D eigenvalue weighted by Crippen LogP contribution is -2.13. The highest BCUT2D eigenvalue weighted by atomic mass is 32.2. The van der Waals surface area contributed by atoms with Crippen LogP contribution in [0.25, 0.3) is 0 Å². The molecule has 2 N–H and O–H groups in total. The number of hydrogen-bond acceptors (Lipinski definition) is 4. The van der Waals surface area contributed by atoms with Crippen LogP contribution in [0, 0.1) is 5.92 Å². The van der Waals surface area contributed by atoms with E-state index in [0.29, 0.717) is 18.4 Å². The molecule has 0 bridgehead atoms. The van der Waals surface area contributed by atoms with Crippen molar-refractivity contribution in [1.29, 1.82) is 0 Å². The molecule has 0 spiro atoms. The molecule has 0 saturated heterocycles. The summed E-state index contributed by atoms with van der Waals surface area (Å²) in [5.41, 5.74) is 0. The van der Waals surface area contributed by atoms with Crippen LogP contribution in [0.1, 0.15) is 26.7 Å². The van der Waals surface area contributed by atoms with E-state index in [1.807, 2.05) is 0 Å². The van der Waals surface area contributed by atoms with Gasteiger partial charge in [-0.3, -0.25) is 0 Å². The zero-order valence-corrected chi connectivity index (χ0v) is 10.9. The molecule has 1 heterocycles. The molecule has 1 rings (SSSR count). The van der Waals surface area contributed by atoms with Crippen molar-refractivity contribution >= 4 is 10.0 Å². The number of sulfonamides is 1. The normalized spacial score (nSPS) is 13.4. The lowest BCUT2D eigenvalue weighted by Gasteiger charge is -2.11. The van der Waals surface area contributed by atoms with Gasteiger partial charge in [0.1, 0.15) is 4.90 Å². The van der Waals surface area contributed by atoms with Gasteiger partial charge in [0.05, 0.1) is 12.8 Å². The van der Waals surface area contributed by atoms with Gasteiger partial charge >= 0.3 is 0 Å². The Balaban J connectivity index is 2.57. The monoisotopic (exact) mass is 258 g/mol. The zero-order valence-electron chi connectivity index (χ0n) is 10.1. The first-order valence-electron chi connectivity index (χ1n) is 5.55. The van der Waals surface area contributed by atoms with Crippen LogP contribution in [0.4, 0.5) is 0 Å². The van der Waals surface area contributed by atoms with E-state index >= 15 is 0 Å². The Hall–Kier alpha value is -1.14. The van der Waals surface area contributed by atoms with E-state index < -0.39 is 10.0 Å². The van der Waals surface area contributed by atoms with Gasteiger partial charge in [-0.25, -0.2) is 18.5 Å². The first-order chi connectivity index (χ1) is 7.93. The van der Waals surface area contributed by atoms with Crippen molar-refractivity contribution in [3.63, 3.8) is 0 Å². The summed E-state index contributed by atoms with van der Waals surface area (Å²) in [5.74, 6) is 0.875. The molecular formula is C11H18N2O3S. The minimum Gasteiger partial charge on any atom is -0.477 e. The SMILES string of the molecule is CCCC(C)COc1ccc(S(N)(=O)=O)cn1. The molecule has 0 saturated carbocycles. The maximum Gasteiger partial charge on any atom is 0.239 e. The standard InChI is InChI=1S/C11H18N2O3S/c1-3-4-9(2)8-16-11-6-5-10(7-13-11)17(12,14)15/h5-7,9H,3-4,8H2,1-2H3,(H2,12,14,15). The molecule has 1 unspecified atom stereocenters. The molecule has 0 amide bonds. The summed E-state index contributed by atoms with van der Waals surface area (Å²) in [6, 6.07) is 2.90. The molecule has 0 fully saturated rings. The number of rotatable bonds is 6. The van der Waals surface area contributed by atoms with Crippen LogP contribution in [0.2, 0.25) is 0 Å². The zero-order chi connectivity index (χ0) is 12.9. The van der Waals surface area contributed by atoms with Gasteiger partial charge in [0.15, 0.2) is 0 Å². The molecule has 1 aromatic heterocycles. The number of aromatic nitrogens is 1. The summed E-state index contributed by atoms with van der Waals surface area (Å²) in [6.07, 6.45) is 3.41. The number of nitrogens with two attached hydrogens (primary N) is 1. The molecule has 0 radical (unpaired) electrons. The Bertz CT molecular complexity index is 442. The van der Waals surface area contributed by atoms with Gasteiger partial charge in [-0.1, -0.05) is 20.3 Å². The van der Waals surface area contributed by atoms with E-state index in [0.717, 1.165) is 12.8 Å². The van der Waals surface area contributed by atoms with Gasteiger partial charge in [0.25, 0.3) is 0 Å². The van der Waals surface area contributed by atoms with Crippen molar-refractivity contribution in [2.24, 2.45) is 11.1 Å². The molecule has 0 aliphatic rings. The third-order valence-electron chi connectivity index (χ3n) is 2.33. The van der Waals surface area contributed by atoms with Crippen LogP contribution in [0.15, 0.2) is 23.2 Å². The Kier molecular flexibility index (Phi) is 4.89. The van der Waals surface area contributed by atoms with Gasteiger partial charge < -0.3 is 4.74 Å². The minimum absolute atomic E-state index is 0.00791.